The number of urea groups is 1. The van der Waals surface area contributed by atoms with Gasteiger partial charge in [-0.2, -0.15) is 0 Å². The molecule has 2 saturated heterocycles. The molecule has 2 aliphatic rings. The molecule has 2 fully saturated rings. The van der Waals surface area contributed by atoms with Crippen LogP contribution in [0.2, 0.25) is 0 Å². The maximum atomic E-state index is 12.8. The molecule has 0 unspecified atom stereocenters. The van der Waals surface area contributed by atoms with Crippen molar-refractivity contribution in [3.05, 3.63) is 29.8 Å². The van der Waals surface area contributed by atoms with Crippen molar-refractivity contribution in [1.29, 1.82) is 0 Å². The lowest BCUT2D eigenvalue weighted by Gasteiger charge is -2.31. The number of carbonyl (C=O) groups excluding carboxylic acids is 2. The van der Waals surface area contributed by atoms with E-state index in [0.717, 1.165) is 32.4 Å². The number of nitrogens with one attached hydrogen (secondary N) is 1. The number of anilines is 1. The second kappa shape index (κ2) is 8.21. The Balaban J connectivity index is 1.65. The van der Waals surface area contributed by atoms with Crippen LogP contribution in [-0.4, -0.2) is 59.0 Å². The number of hydrogen-bond donors (Lipinski definition) is 2. The maximum absolute atomic E-state index is 12.8. The van der Waals surface area contributed by atoms with E-state index in [2.05, 4.69) is 5.32 Å². The third kappa shape index (κ3) is 4.15. The molecule has 1 aromatic rings. The number of likely N-dealkylation sites (tertiary alicyclic amines) is 2. The average Bonchev–Trinajstić information content (AvgIpc) is 2.68. The molecule has 7 heteroatoms. The molecule has 0 saturated carbocycles. The van der Waals surface area contributed by atoms with Gasteiger partial charge in [0.15, 0.2) is 0 Å². The first kappa shape index (κ1) is 18.2. The maximum Gasteiger partial charge on any atom is 0.321 e. The highest BCUT2D eigenvalue weighted by molar-refractivity contribution is 6.03. The van der Waals surface area contributed by atoms with Gasteiger partial charge in [-0.3, -0.25) is 9.59 Å². The summed E-state index contributed by atoms with van der Waals surface area (Å²) in [6.07, 6.45) is 4.08. The number of carboxylic acids is 1. The van der Waals surface area contributed by atoms with E-state index in [1.54, 1.807) is 29.2 Å². The summed E-state index contributed by atoms with van der Waals surface area (Å²) in [6.45, 7) is 2.32. The van der Waals surface area contributed by atoms with Gasteiger partial charge in [0.25, 0.3) is 5.91 Å². The van der Waals surface area contributed by atoms with Crippen LogP contribution in [-0.2, 0) is 4.79 Å². The molecule has 0 atom stereocenters. The summed E-state index contributed by atoms with van der Waals surface area (Å²) >= 11 is 0. The molecule has 2 aliphatic heterocycles. The summed E-state index contributed by atoms with van der Waals surface area (Å²) < 4.78 is 0. The van der Waals surface area contributed by atoms with Crippen molar-refractivity contribution in [2.75, 3.05) is 31.5 Å². The van der Waals surface area contributed by atoms with E-state index >= 15 is 0 Å². The first-order valence-electron chi connectivity index (χ1n) is 9.23. The van der Waals surface area contributed by atoms with Crippen molar-refractivity contribution in [1.82, 2.24) is 9.80 Å². The summed E-state index contributed by atoms with van der Waals surface area (Å²) in [5, 5.41) is 11.9. The zero-order valence-electron chi connectivity index (χ0n) is 14.8. The van der Waals surface area contributed by atoms with E-state index < -0.39 is 5.97 Å². The van der Waals surface area contributed by atoms with E-state index in [-0.39, 0.29) is 17.9 Å². The van der Waals surface area contributed by atoms with Gasteiger partial charge in [0.1, 0.15) is 0 Å². The molecule has 140 valence electrons. The van der Waals surface area contributed by atoms with Crippen molar-refractivity contribution in [2.24, 2.45) is 5.92 Å². The van der Waals surface area contributed by atoms with Crippen LogP contribution in [0.4, 0.5) is 10.5 Å². The standard InChI is InChI=1S/C19H25N3O4/c23-17(21-10-4-1-5-11-21)15-6-2-3-7-16(15)20-19(26)22-12-8-14(9-13-22)18(24)25/h2-3,6-7,14H,1,4-5,8-13H2,(H,20,26)(H,24,25). The molecule has 0 aromatic heterocycles. The number of rotatable bonds is 3. The van der Waals surface area contributed by atoms with E-state index in [0.29, 0.717) is 37.2 Å². The fourth-order valence-corrected chi connectivity index (χ4v) is 3.57. The van der Waals surface area contributed by atoms with Crippen LogP contribution in [0.5, 0.6) is 0 Å². The van der Waals surface area contributed by atoms with Crippen molar-refractivity contribution >= 4 is 23.6 Å². The van der Waals surface area contributed by atoms with Crippen LogP contribution < -0.4 is 5.32 Å². The molecular weight excluding hydrogens is 334 g/mol. The molecule has 0 spiro atoms. The molecule has 1 aromatic carbocycles. The van der Waals surface area contributed by atoms with Crippen LogP contribution >= 0.6 is 0 Å². The molecule has 3 rings (SSSR count). The summed E-state index contributed by atoms with van der Waals surface area (Å²) in [4.78, 5) is 39.8. The van der Waals surface area contributed by atoms with Crippen molar-refractivity contribution < 1.29 is 19.5 Å². The highest BCUT2D eigenvalue weighted by Crippen LogP contribution is 2.22. The minimum Gasteiger partial charge on any atom is -0.481 e. The van der Waals surface area contributed by atoms with E-state index in [1.165, 1.54) is 0 Å². The van der Waals surface area contributed by atoms with Gasteiger partial charge in [-0.25, -0.2) is 4.79 Å². The lowest BCUT2D eigenvalue weighted by atomic mass is 9.97. The second-order valence-electron chi connectivity index (χ2n) is 6.93. The SMILES string of the molecule is O=C(O)C1CCN(C(=O)Nc2ccccc2C(=O)N2CCCCC2)CC1. The predicted octanol–water partition coefficient (Wildman–Crippen LogP) is 2.64. The van der Waals surface area contributed by atoms with Crippen molar-refractivity contribution in [2.45, 2.75) is 32.1 Å². The van der Waals surface area contributed by atoms with Gasteiger partial charge in [0.2, 0.25) is 0 Å². The zero-order valence-corrected chi connectivity index (χ0v) is 14.8. The first-order valence-corrected chi connectivity index (χ1v) is 9.23. The van der Waals surface area contributed by atoms with Crippen molar-refractivity contribution in [3.63, 3.8) is 0 Å². The molecule has 0 radical (unpaired) electrons. The number of piperidine rings is 2. The molecule has 2 N–H and O–H groups in total. The van der Waals surface area contributed by atoms with Crippen molar-refractivity contribution in [3.8, 4) is 0 Å². The monoisotopic (exact) mass is 359 g/mol. The highest BCUT2D eigenvalue weighted by Gasteiger charge is 2.28. The Morgan fingerprint density at radius 1 is 0.923 bits per heavy atom. The molecule has 0 aliphatic carbocycles. The number of benzene rings is 1. The Bertz CT molecular complexity index is 677. The zero-order chi connectivity index (χ0) is 18.5. The van der Waals surface area contributed by atoms with Crippen LogP contribution in [0.1, 0.15) is 42.5 Å². The largest absolute Gasteiger partial charge is 0.481 e. The molecule has 3 amide bonds. The minimum absolute atomic E-state index is 0.0508. The topological polar surface area (TPSA) is 90.0 Å². The van der Waals surface area contributed by atoms with Crippen LogP contribution in [0.3, 0.4) is 0 Å². The Kier molecular flexibility index (Phi) is 5.75. The fourth-order valence-electron chi connectivity index (χ4n) is 3.57. The second-order valence-corrected chi connectivity index (χ2v) is 6.93. The number of carboxylic acid groups (broad SMARTS) is 1. The summed E-state index contributed by atoms with van der Waals surface area (Å²) in [6, 6.07) is 6.78. The third-order valence-electron chi connectivity index (χ3n) is 5.17. The highest BCUT2D eigenvalue weighted by atomic mass is 16.4. The normalized spacial score (nSPS) is 18.5. The number of para-hydroxylation sites is 1. The average molecular weight is 359 g/mol. The van der Waals surface area contributed by atoms with Gasteiger partial charge in [0, 0.05) is 26.2 Å². The number of nitrogens with zero attached hydrogens (tertiary/aromatic N) is 2. The lowest BCUT2D eigenvalue weighted by molar-refractivity contribution is -0.143. The molecule has 2 heterocycles. The van der Waals surface area contributed by atoms with Gasteiger partial charge < -0.3 is 20.2 Å². The minimum atomic E-state index is -0.803. The molecule has 0 bridgehead atoms. The lowest BCUT2D eigenvalue weighted by Crippen LogP contribution is -2.43. The van der Waals surface area contributed by atoms with Crippen LogP contribution in [0.15, 0.2) is 24.3 Å². The van der Waals surface area contributed by atoms with Gasteiger partial charge in [0.05, 0.1) is 17.2 Å². The number of hydrogen-bond acceptors (Lipinski definition) is 3. The quantitative estimate of drug-likeness (QED) is 0.868. The van der Waals surface area contributed by atoms with Gasteiger partial charge >= 0.3 is 12.0 Å². The first-order chi connectivity index (χ1) is 12.6. The Hall–Kier alpha value is -2.57. The third-order valence-corrected chi connectivity index (χ3v) is 5.17. The molecule has 26 heavy (non-hydrogen) atoms. The van der Waals surface area contributed by atoms with Gasteiger partial charge in [-0.15, -0.1) is 0 Å². The summed E-state index contributed by atoms with van der Waals surface area (Å²) in [5.41, 5.74) is 1.01. The van der Waals surface area contributed by atoms with E-state index in [1.807, 2.05) is 4.90 Å². The Morgan fingerprint density at radius 3 is 2.23 bits per heavy atom. The smallest absolute Gasteiger partial charge is 0.321 e. The summed E-state index contributed by atoms with van der Waals surface area (Å²) in [5.74, 6) is -1.24. The fraction of sp³-hybridized carbons (Fsp3) is 0.526. The van der Waals surface area contributed by atoms with Crippen LogP contribution in [0.25, 0.3) is 0 Å². The molecule has 7 nitrogen and oxygen atoms in total. The van der Waals surface area contributed by atoms with E-state index in [4.69, 9.17) is 5.11 Å². The number of aliphatic carboxylic acids is 1. The van der Waals surface area contributed by atoms with Crippen LogP contribution in [0, 0.1) is 5.92 Å². The van der Waals surface area contributed by atoms with Gasteiger partial charge in [-0.1, -0.05) is 12.1 Å². The number of carbonyl (C=O) groups is 3. The van der Waals surface area contributed by atoms with Gasteiger partial charge in [-0.05, 0) is 44.2 Å². The summed E-state index contributed by atoms with van der Waals surface area (Å²) in [7, 11) is 0. The predicted molar refractivity (Wildman–Crippen MR) is 97.1 cm³/mol. The molecular formula is C19H25N3O4. The Morgan fingerprint density at radius 2 is 1.58 bits per heavy atom. The number of amides is 3. The van der Waals surface area contributed by atoms with E-state index in [9.17, 15) is 14.4 Å². The Labute approximate surface area is 153 Å².